The molecule has 1 fully saturated rings. The number of hydrogen-bond donors (Lipinski definition) is 0. The number of amides is 1. The number of piperazine rings is 1. The number of halogens is 3. The number of carbonyl (C=O) groups is 2. The quantitative estimate of drug-likeness (QED) is 0.470. The molecule has 0 N–H and O–H groups in total. The molecule has 0 aromatic heterocycles. The van der Waals surface area contributed by atoms with Crippen molar-refractivity contribution in [3.8, 4) is 11.5 Å². The summed E-state index contributed by atoms with van der Waals surface area (Å²) >= 11 is 0. The highest BCUT2D eigenvalue weighted by Crippen LogP contribution is 2.32. The summed E-state index contributed by atoms with van der Waals surface area (Å²) in [4.78, 5) is 28.1. The molecule has 10 heteroatoms. The molecule has 1 saturated heterocycles. The van der Waals surface area contributed by atoms with Gasteiger partial charge in [-0.15, -0.1) is 0 Å². The molecule has 7 nitrogen and oxygen atoms in total. The van der Waals surface area contributed by atoms with Gasteiger partial charge in [-0.3, -0.25) is 9.59 Å². The first-order chi connectivity index (χ1) is 17.1. The first kappa shape index (κ1) is 27.2. The van der Waals surface area contributed by atoms with E-state index in [1.165, 1.54) is 6.07 Å². The van der Waals surface area contributed by atoms with Gasteiger partial charge < -0.3 is 24.0 Å². The summed E-state index contributed by atoms with van der Waals surface area (Å²) in [5.41, 5.74) is 0.486. The number of benzene rings is 2. The van der Waals surface area contributed by atoms with Crippen LogP contribution in [0, 0.1) is 0 Å². The van der Waals surface area contributed by atoms with Gasteiger partial charge in [0.05, 0.1) is 24.7 Å². The molecule has 1 heterocycles. The normalized spacial score (nSPS) is 14.1. The Kier molecular flexibility index (Phi) is 9.06. The lowest BCUT2D eigenvalue weighted by Crippen LogP contribution is -2.50. The van der Waals surface area contributed by atoms with Crippen molar-refractivity contribution in [3.63, 3.8) is 0 Å². The molecule has 36 heavy (non-hydrogen) atoms. The molecule has 0 unspecified atom stereocenters. The maximum Gasteiger partial charge on any atom is 0.416 e. The van der Waals surface area contributed by atoms with E-state index in [1.807, 2.05) is 11.8 Å². The van der Waals surface area contributed by atoms with Crippen molar-refractivity contribution in [3.05, 3.63) is 53.6 Å². The second-order valence-electron chi connectivity index (χ2n) is 8.63. The van der Waals surface area contributed by atoms with E-state index in [0.717, 1.165) is 12.1 Å². The van der Waals surface area contributed by atoms with Crippen LogP contribution in [0.3, 0.4) is 0 Å². The van der Waals surface area contributed by atoms with Gasteiger partial charge in [0, 0.05) is 31.9 Å². The van der Waals surface area contributed by atoms with E-state index in [2.05, 4.69) is 0 Å². The van der Waals surface area contributed by atoms with Crippen molar-refractivity contribution in [2.24, 2.45) is 0 Å². The van der Waals surface area contributed by atoms with E-state index < -0.39 is 11.7 Å². The lowest BCUT2D eigenvalue weighted by Gasteiger charge is -2.36. The second kappa shape index (κ2) is 12.0. The van der Waals surface area contributed by atoms with E-state index in [0.29, 0.717) is 55.5 Å². The van der Waals surface area contributed by atoms with E-state index in [1.54, 1.807) is 43.0 Å². The molecule has 0 saturated carbocycles. The summed E-state index contributed by atoms with van der Waals surface area (Å²) in [6.07, 6.45) is -4.52. The largest absolute Gasteiger partial charge is 0.490 e. The monoisotopic (exact) mass is 508 g/mol. The molecule has 2 aromatic rings. The van der Waals surface area contributed by atoms with E-state index in [9.17, 15) is 22.8 Å². The summed E-state index contributed by atoms with van der Waals surface area (Å²) in [7, 11) is 0. The summed E-state index contributed by atoms with van der Waals surface area (Å²) in [6.45, 7) is 7.11. The minimum Gasteiger partial charge on any atom is -0.490 e. The van der Waals surface area contributed by atoms with E-state index >= 15 is 0 Å². The molecule has 2 aromatic carbocycles. The molecule has 1 aliphatic heterocycles. The molecule has 196 valence electrons. The van der Waals surface area contributed by atoms with Gasteiger partial charge in [-0.2, -0.15) is 13.2 Å². The first-order valence-electron chi connectivity index (χ1n) is 11.8. The first-order valence-corrected chi connectivity index (χ1v) is 11.8. The van der Waals surface area contributed by atoms with Crippen LogP contribution in [0.2, 0.25) is 0 Å². The van der Waals surface area contributed by atoms with Crippen LogP contribution >= 0.6 is 0 Å². The van der Waals surface area contributed by atoms with Crippen molar-refractivity contribution < 1.29 is 37.0 Å². The number of alkyl halides is 3. The predicted molar refractivity (Wildman–Crippen MR) is 128 cm³/mol. The van der Waals surface area contributed by atoms with Crippen molar-refractivity contribution in [1.82, 2.24) is 4.90 Å². The highest BCUT2D eigenvalue weighted by atomic mass is 19.4. The summed E-state index contributed by atoms with van der Waals surface area (Å²) in [5.74, 6) is 0.231. The van der Waals surface area contributed by atoms with Crippen molar-refractivity contribution >= 4 is 17.6 Å². The predicted octanol–water partition coefficient (Wildman–Crippen LogP) is 4.33. The van der Waals surface area contributed by atoms with Crippen LogP contribution in [0.1, 0.15) is 31.9 Å². The van der Waals surface area contributed by atoms with Gasteiger partial charge in [0.15, 0.2) is 18.1 Å². The van der Waals surface area contributed by atoms with E-state index in [4.69, 9.17) is 14.2 Å². The van der Waals surface area contributed by atoms with Crippen LogP contribution in [-0.2, 0) is 26.9 Å². The summed E-state index contributed by atoms with van der Waals surface area (Å²) in [6, 6.07) is 10.3. The zero-order valence-corrected chi connectivity index (χ0v) is 20.6. The number of nitrogens with zero attached hydrogens (tertiary/aromatic N) is 2. The van der Waals surface area contributed by atoms with Gasteiger partial charge in [-0.1, -0.05) is 12.1 Å². The van der Waals surface area contributed by atoms with Crippen LogP contribution in [0.5, 0.6) is 11.5 Å². The lowest BCUT2D eigenvalue weighted by atomic mass is 10.1. The third-order valence-electron chi connectivity index (χ3n) is 5.55. The van der Waals surface area contributed by atoms with Crippen LogP contribution in [0.15, 0.2) is 42.5 Å². The molecular weight excluding hydrogens is 477 g/mol. The Balaban J connectivity index is 1.55. The smallest absolute Gasteiger partial charge is 0.416 e. The standard InChI is InChI=1S/C26H31F3N2O5/c1-4-34-23-14-19(15-25(33)36-18(2)3)8-9-22(23)35-17-24(32)31-12-10-30(11-13-31)21-7-5-6-20(16-21)26(27,28)29/h5-9,14,16,18H,4,10-13,15,17H2,1-3H3. The summed E-state index contributed by atoms with van der Waals surface area (Å²) < 4.78 is 55.6. The average molecular weight is 509 g/mol. The molecule has 3 rings (SSSR count). The highest BCUT2D eigenvalue weighted by molar-refractivity contribution is 5.78. The molecule has 0 bridgehead atoms. The Morgan fingerprint density at radius 3 is 2.33 bits per heavy atom. The number of esters is 1. The maximum absolute atomic E-state index is 13.0. The molecular formula is C26H31F3N2O5. The zero-order valence-electron chi connectivity index (χ0n) is 20.6. The van der Waals surface area contributed by atoms with Gasteiger partial charge >= 0.3 is 12.1 Å². The highest BCUT2D eigenvalue weighted by Gasteiger charge is 2.31. The molecule has 0 spiro atoms. The SMILES string of the molecule is CCOc1cc(CC(=O)OC(C)C)ccc1OCC(=O)N1CCN(c2cccc(C(F)(F)F)c2)CC1. The van der Waals surface area contributed by atoms with Gasteiger partial charge in [-0.05, 0) is 56.7 Å². The Hall–Kier alpha value is -3.43. The Labute approximate surface area is 208 Å². The fourth-order valence-corrected chi connectivity index (χ4v) is 3.84. The number of hydrogen-bond acceptors (Lipinski definition) is 6. The topological polar surface area (TPSA) is 68.3 Å². The van der Waals surface area contributed by atoms with Gasteiger partial charge in [-0.25, -0.2) is 0 Å². The Bertz CT molecular complexity index is 1050. The van der Waals surface area contributed by atoms with Gasteiger partial charge in [0.25, 0.3) is 5.91 Å². The van der Waals surface area contributed by atoms with Crippen LogP contribution in [0.4, 0.5) is 18.9 Å². The number of anilines is 1. The Morgan fingerprint density at radius 2 is 1.69 bits per heavy atom. The minimum atomic E-state index is -4.40. The van der Waals surface area contributed by atoms with Crippen molar-refractivity contribution in [1.29, 1.82) is 0 Å². The number of carbonyl (C=O) groups excluding carboxylic acids is 2. The van der Waals surface area contributed by atoms with Crippen LogP contribution in [-0.4, -0.2) is 62.3 Å². The molecule has 0 radical (unpaired) electrons. The maximum atomic E-state index is 13.0. The fourth-order valence-electron chi connectivity index (χ4n) is 3.84. The third-order valence-corrected chi connectivity index (χ3v) is 5.55. The van der Waals surface area contributed by atoms with Gasteiger partial charge in [0.2, 0.25) is 0 Å². The average Bonchev–Trinajstić information content (AvgIpc) is 2.83. The van der Waals surface area contributed by atoms with Crippen LogP contribution in [0.25, 0.3) is 0 Å². The molecule has 0 aliphatic carbocycles. The molecule has 1 amide bonds. The zero-order chi connectivity index (χ0) is 26.3. The minimum absolute atomic E-state index is 0.0909. The molecule has 0 atom stereocenters. The van der Waals surface area contributed by atoms with Crippen molar-refractivity contribution in [2.75, 3.05) is 44.3 Å². The number of rotatable bonds is 9. The lowest BCUT2D eigenvalue weighted by molar-refractivity contribution is -0.146. The molecule has 1 aliphatic rings. The third kappa shape index (κ3) is 7.53. The fraction of sp³-hybridized carbons (Fsp3) is 0.462. The second-order valence-corrected chi connectivity index (χ2v) is 8.63. The van der Waals surface area contributed by atoms with Crippen LogP contribution < -0.4 is 14.4 Å². The Morgan fingerprint density at radius 1 is 0.972 bits per heavy atom. The number of ether oxygens (including phenoxy) is 3. The van der Waals surface area contributed by atoms with E-state index in [-0.39, 0.29) is 31.0 Å². The van der Waals surface area contributed by atoms with Crippen molar-refractivity contribution in [2.45, 2.75) is 39.5 Å². The van der Waals surface area contributed by atoms with Gasteiger partial charge in [0.1, 0.15) is 0 Å². The summed E-state index contributed by atoms with van der Waals surface area (Å²) in [5, 5.41) is 0.